The number of rotatable bonds is 5. The van der Waals surface area contributed by atoms with Gasteiger partial charge in [-0.25, -0.2) is 17.9 Å². The summed E-state index contributed by atoms with van der Waals surface area (Å²) in [6, 6.07) is 15.7. The molecule has 6 nitrogen and oxygen atoms in total. The molecule has 1 aliphatic carbocycles. The number of fused-ring (bicyclic) bond motifs is 1. The number of benzene rings is 3. The van der Waals surface area contributed by atoms with E-state index in [0.717, 1.165) is 10.9 Å². The summed E-state index contributed by atoms with van der Waals surface area (Å²) in [5.74, 6) is -1.84. The average Bonchev–Trinajstić information content (AvgIpc) is 3.35. The molecule has 2 heterocycles. The maximum atomic E-state index is 14.4. The van der Waals surface area contributed by atoms with Crippen molar-refractivity contribution in [3.05, 3.63) is 90.1 Å². The maximum absolute atomic E-state index is 14.4. The molecule has 2 amide bonds. The number of amides is 2. The van der Waals surface area contributed by atoms with Crippen molar-refractivity contribution in [2.24, 2.45) is 0 Å². The Labute approximate surface area is 204 Å². The van der Waals surface area contributed by atoms with Crippen LogP contribution in [0, 0.1) is 11.6 Å². The molecule has 36 heavy (non-hydrogen) atoms. The molecule has 9 heteroatoms. The second-order valence-electron chi connectivity index (χ2n) is 9.29. The van der Waals surface area contributed by atoms with Crippen molar-refractivity contribution >= 4 is 28.4 Å². The Bertz CT molecular complexity index is 1500. The van der Waals surface area contributed by atoms with Crippen molar-refractivity contribution < 1.29 is 22.8 Å². The monoisotopic (exact) mass is 490 g/mol. The van der Waals surface area contributed by atoms with Crippen LogP contribution < -0.4 is 10.2 Å². The molecule has 1 aliphatic heterocycles. The van der Waals surface area contributed by atoms with Crippen molar-refractivity contribution in [1.29, 1.82) is 0 Å². The Morgan fingerprint density at radius 2 is 1.72 bits per heavy atom. The van der Waals surface area contributed by atoms with Gasteiger partial charge in [0.2, 0.25) is 5.91 Å². The molecule has 4 aromatic rings. The number of nitrogens with zero attached hydrogens (tertiary/aromatic N) is 3. The number of anilines is 1. The summed E-state index contributed by atoms with van der Waals surface area (Å²) in [5, 5.41) is 7.83. The second kappa shape index (κ2) is 8.22. The summed E-state index contributed by atoms with van der Waals surface area (Å²) in [6.45, 7) is 0. The zero-order valence-electron chi connectivity index (χ0n) is 19.0. The van der Waals surface area contributed by atoms with E-state index in [0.29, 0.717) is 16.9 Å². The molecule has 2 atom stereocenters. The number of alkyl halides is 1. The summed E-state index contributed by atoms with van der Waals surface area (Å²) >= 11 is 0. The standard InChI is InChI=1S/C27H21F3N4O2/c28-18-4-6-20(7-5-18)34-23-9-8-21(13-17(23)15-31-34)33-24(35)14-22(32-26(36)27(30)10-11-27)25(33)16-2-1-3-19(29)12-16/h1-9,12-13,15,22,25H,10-11,14H2,(H,32,36)/t22-,25?/m0/s1. The minimum Gasteiger partial charge on any atom is -0.348 e. The lowest BCUT2D eigenvalue weighted by atomic mass is 9.99. The molecule has 182 valence electrons. The van der Waals surface area contributed by atoms with Crippen LogP contribution in [0.15, 0.2) is 72.9 Å². The Balaban J connectivity index is 1.39. The van der Waals surface area contributed by atoms with Crippen LogP contribution in [0.4, 0.5) is 18.9 Å². The number of carbonyl (C=O) groups is 2. The highest BCUT2D eigenvalue weighted by molar-refractivity contribution is 6.00. The first kappa shape index (κ1) is 22.3. The molecule has 1 unspecified atom stereocenters. The maximum Gasteiger partial charge on any atom is 0.257 e. The van der Waals surface area contributed by atoms with E-state index in [1.807, 2.05) is 0 Å². The third-order valence-electron chi connectivity index (χ3n) is 6.83. The number of halogens is 3. The quantitative estimate of drug-likeness (QED) is 0.438. The predicted molar refractivity (Wildman–Crippen MR) is 127 cm³/mol. The minimum atomic E-state index is -1.89. The first-order valence-corrected chi connectivity index (χ1v) is 11.6. The smallest absolute Gasteiger partial charge is 0.257 e. The summed E-state index contributed by atoms with van der Waals surface area (Å²) in [7, 11) is 0. The van der Waals surface area contributed by atoms with Crippen LogP contribution in [0.5, 0.6) is 0 Å². The summed E-state index contributed by atoms with van der Waals surface area (Å²) < 4.78 is 43.6. The van der Waals surface area contributed by atoms with Gasteiger partial charge in [-0.3, -0.25) is 9.59 Å². The van der Waals surface area contributed by atoms with Gasteiger partial charge in [0.25, 0.3) is 5.91 Å². The average molecular weight is 490 g/mol. The Morgan fingerprint density at radius 1 is 0.972 bits per heavy atom. The zero-order valence-corrected chi connectivity index (χ0v) is 19.0. The molecular weight excluding hydrogens is 469 g/mol. The van der Waals surface area contributed by atoms with E-state index in [9.17, 15) is 22.8 Å². The van der Waals surface area contributed by atoms with Gasteiger partial charge >= 0.3 is 0 Å². The van der Waals surface area contributed by atoms with Gasteiger partial charge in [0.15, 0.2) is 5.67 Å². The normalized spacial score (nSPS) is 20.6. The summed E-state index contributed by atoms with van der Waals surface area (Å²) in [4.78, 5) is 27.2. The molecule has 0 bridgehead atoms. The predicted octanol–water partition coefficient (Wildman–Crippen LogP) is 4.77. The molecule has 1 saturated carbocycles. The number of nitrogens with one attached hydrogen (secondary N) is 1. The number of carbonyl (C=O) groups excluding carboxylic acids is 2. The van der Waals surface area contributed by atoms with E-state index in [1.165, 1.54) is 35.2 Å². The van der Waals surface area contributed by atoms with Gasteiger partial charge in [-0.15, -0.1) is 0 Å². The van der Waals surface area contributed by atoms with Gasteiger partial charge in [-0.1, -0.05) is 12.1 Å². The van der Waals surface area contributed by atoms with E-state index in [1.54, 1.807) is 47.3 Å². The molecule has 3 aromatic carbocycles. The van der Waals surface area contributed by atoms with E-state index in [2.05, 4.69) is 10.4 Å². The van der Waals surface area contributed by atoms with E-state index in [-0.39, 0.29) is 31.0 Å². The van der Waals surface area contributed by atoms with Crippen LogP contribution in [0.25, 0.3) is 16.6 Å². The first-order chi connectivity index (χ1) is 17.3. The van der Waals surface area contributed by atoms with Crippen molar-refractivity contribution in [2.45, 2.75) is 37.0 Å². The molecule has 2 fully saturated rings. The topological polar surface area (TPSA) is 67.2 Å². The third-order valence-corrected chi connectivity index (χ3v) is 6.83. The summed E-state index contributed by atoms with van der Waals surface area (Å²) in [6.07, 6.45) is 1.90. The highest BCUT2D eigenvalue weighted by Gasteiger charge is 2.53. The highest BCUT2D eigenvalue weighted by Crippen LogP contribution is 2.42. The van der Waals surface area contributed by atoms with Gasteiger partial charge in [0, 0.05) is 17.5 Å². The molecule has 0 spiro atoms. The third kappa shape index (κ3) is 3.80. The number of hydrogen-bond acceptors (Lipinski definition) is 3. The lowest BCUT2D eigenvalue weighted by Crippen LogP contribution is -2.44. The van der Waals surface area contributed by atoms with Crippen molar-refractivity contribution in [3.8, 4) is 5.69 Å². The molecule has 1 aromatic heterocycles. The Morgan fingerprint density at radius 3 is 2.44 bits per heavy atom. The lowest BCUT2D eigenvalue weighted by Gasteiger charge is -2.29. The number of hydrogen-bond donors (Lipinski definition) is 1. The molecular formula is C27H21F3N4O2. The lowest BCUT2D eigenvalue weighted by molar-refractivity contribution is -0.128. The molecule has 1 N–H and O–H groups in total. The number of aromatic nitrogens is 2. The van der Waals surface area contributed by atoms with Crippen LogP contribution in [0.3, 0.4) is 0 Å². The highest BCUT2D eigenvalue weighted by atomic mass is 19.1. The van der Waals surface area contributed by atoms with Gasteiger partial charge < -0.3 is 10.2 Å². The van der Waals surface area contributed by atoms with Crippen molar-refractivity contribution in [2.75, 3.05) is 4.90 Å². The van der Waals surface area contributed by atoms with Gasteiger partial charge in [-0.05, 0) is 73.0 Å². The van der Waals surface area contributed by atoms with Crippen LogP contribution in [-0.2, 0) is 9.59 Å². The fourth-order valence-corrected chi connectivity index (χ4v) is 4.83. The van der Waals surface area contributed by atoms with Gasteiger partial charge in [0.05, 0.1) is 29.5 Å². The van der Waals surface area contributed by atoms with Gasteiger partial charge in [0.1, 0.15) is 11.6 Å². The molecule has 0 radical (unpaired) electrons. The first-order valence-electron chi connectivity index (χ1n) is 11.6. The van der Waals surface area contributed by atoms with E-state index < -0.39 is 29.5 Å². The van der Waals surface area contributed by atoms with Crippen LogP contribution >= 0.6 is 0 Å². The molecule has 1 saturated heterocycles. The second-order valence-corrected chi connectivity index (χ2v) is 9.29. The minimum absolute atomic E-state index is 0.0458. The van der Waals surface area contributed by atoms with E-state index >= 15 is 0 Å². The fraction of sp³-hybridized carbons (Fsp3) is 0.222. The molecule has 6 rings (SSSR count). The SMILES string of the molecule is O=C1C[C@H](NC(=O)C2(F)CC2)C(c2cccc(F)c2)N1c1ccc2c(cnn2-c2ccc(F)cc2)c1. The van der Waals surface area contributed by atoms with E-state index in [4.69, 9.17) is 0 Å². The largest absolute Gasteiger partial charge is 0.348 e. The zero-order chi connectivity index (χ0) is 25.0. The van der Waals surface area contributed by atoms with Gasteiger partial charge in [-0.2, -0.15) is 5.10 Å². The Kier molecular flexibility index (Phi) is 5.10. The summed E-state index contributed by atoms with van der Waals surface area (Å²) in [5.41, 5.74) is 0.571. The van der Waals surface area contributed by atoms with Crippen molar-refractivity contribution in [1.82, 2.24) is 15.1 Å². The van der Waals surface area contributed by atoms with Crippen LogP contribution in [0.2, 0.25) is 0 Å². The van der Waals surface area contributed by atoms with Crippen LogP contribution in [0.1, 0.15) is 30.9 Å². The molecule has 2 aliphatic rings. The van der Waals surface area contributed by atoms with Crippen LogP contribution in [-0.4, -0.2) is 33.3 Å². The Hall–Kier alpha value is -4.14. The van der Waals surface area contributed by atoms with Crippen molar-refractivity contribution in [3.63, 3.8) is 0 Å². The fourth-order valence-electron chi connectivity index (χ4n) is 4.83.